The molecule has 0 radical (unpaired) electrons. The number of amides is 1. The van der Waals surface area contributed by atoms with Crippen molar-refractivity contribution in [2.45, 2.75) is 63.6 Å². The molecule has 2 aliphatic rings. The van der Waals surface area contributed by atoms with Crippen molar-refractivity contribution in [1.82, 2.24) is 9.80 Å². The smallest absolute Gasteiger partial charge is 0.302 e. The summed E-state index contributed by atoms with van der Waals surface area (Å²) in [4.78, 5) is 28.5. The first kappa shape index (κ1) is 24.3. The van der Waals surface area contributed by atoms with Crippen LogP contribution in [0.25, 0.3) is 0 Å². The molecule has 1 heterocycles. The zero-order valence-electron chi connectivity index (χ0n) is 16.9. The molecule has 29 heavy (non-hydrogen) atoms. The van der Waals surface area contributed by atoms with E-state index in [9.17, 15) is 9.59 Å². The number of esters is 1. The van der Waals surface area contributed by atoms with Crippen LogP contribution in [0.15, 0.2) is 18.2 Å². The lowest BCUT2D eigenvalue weighted by atomic mass is 9.88. The van der Waals surface area contributed by atoms with Crippen LogP contribution >= 0.6 is 35.6 Å². The van der Waals surface area contributed by atoms with E-state index in [-0.39, 0.29) is 36.4 Å². The zero-order valence-corrected chi connectivity index (χ0v) is 19.2. The second-order valence-electron chi connectivity index (χ2n) is 7.86. The third-order valence-corrected chi connectivity index (χ3v) is 6.64. The molecule has 3 rings (SSSR count). The Hall–Kier alpha value is -1.01. The van der Waals surface area contributed by atoms with Crippen LogP contribution in [-0.2, 0) is 20.7 Å². The van der Waals surface area contributed by atoms with Gasteiger partial charge in [0.05, 0.1) is 16.5 Å². The molecular weight excluding hydrogens is 435 g/mol. The minimum atomic E-state index is -0.221. The van der Waals surface area contributed by atoms with Gasteiger partial charge in [0.1, 0.15) is 6.10 Å². The molecule has 1 aromatic rings. The van der Waals surface area contributed by atoms with Crippen LogP contribution in [0.4, 0.5) is 0 Å². The summed E-state index contributed by atoms with van der Waals surface area (Å²) in [5, 5.41) is 0.966. The van der Waals surface area contributed by atoms with Crippen LogP contribution in [-0.4, -0.2) is 60.0 Å². The van der Waals surface area contributed by atoms with Gasteiger partial charge in [-0.15, -0.1) is 12.4 Å². The molecule has 1 aromatic carbocycles. The normalized spacial score (nSPS) is 24.6. The molecule has 0 spiro atoms. The van der Waals surface area contributed by atoms with Gasteiger partial charge in [0.25, 0.3) is 0 Å². The van der Waals surface area contributed by atoms with Crippen molar-refractivity contribution < 1.29 is 14.3 Å². The summed E-state index contributed by atoms with van der Waals surface area (Å²) < 4.78 is 5.39. The number of hydrogen-bond donors (Lipinski definition) is 0. The van der Waals surface area contributed by atoms with Gasteiger partial charge in [0, 0.05) is 39.1 Å². The van der Waals surface area contributed by atoms with Crippen molar-refractivity contribution in [3.63, 3.8) is 0 Å². The second kappa shape index (κ2) is 10.9. The molecule has 1 unspecified atom stereocenters. The monoisotopic (exact) mass is 462 g/mol. The van der Waals surface area contributed by atoms with Crippen LogP contribution in [0.1, 0.15) is 44.6 Å². The number of benzene rings is 1. The van der Waals surface area contributed by atoms with Crippen LogP contribution in [0.5, 0.6) is 0 Å². The maximum atomic E-state index is 12.9. The number of likely N-dealkylation sites (N-methyl/N-ethyl adjacent to an activating group) is 1. The summed E-state index contributed by atoms with van der Waals surface area (Å²) in [6.07, 6.45) is 5.52. The van der Waals surface area contributed by atoms with Crippen LogP contribution < -0.4 is 0 Å². The maximum absolute atomic E-state index is 12.9. The molecule has 1 amide bonds. The molecule has 8 heteroatoms. The second-order valence-corrected chi connectivity index (χ2v) is 8.68. The number of nitrogens with zero attached hydrogens (tertiary/aromatic N) is 2. The molecule has 1 aliphatic carbocycles. The summed E-state index contributed by atoms with van der Waals surface area (Å²) in [6.45, 7) is 3.13. The minimum absolute atomic E-state index is 0. The van der Waals surface area contributed by atoms with Crippen molar-refractivity contribution in [3.05, 3.63) is 33.8 Å². The highest BCUT2D eigenvalue weighted by Crippen LogP contribution is 2.30. The highest BCUT2D eigenvalue weighted by atomic mass is 35.5. The number of likely N-dealkylation sites (tertiary alicyclic amines) is 1. The van der Waals surface area contributed by atoms with Gasteiger partial charge in [-0.25, -0.2) is 0 Å². The molecule has 2 fully saturated rings. The lowest BCUT2D eigenvalue weighted by molar-refractivity contribution is -0.145. The predicted molar refractivity (Wildman–Crippen MR) is 118 cm³/mol. The van der Waals surface area contributed by atoms with Crippen LogP contribution in [0, 0.1) is 0 Å². The average molecular weight is 464 g/mol. The van der Waals surface area contributed by atoms with Crippen molar-refractivity contribution in [3.8, 4) is 0 Å². The van der Waals surface area contributed by atoms with E-state index in [1.54, 1.807) is 12.1 Å². The predicted octanol–water partition coefficient (Wildman–Crippen LogP) is 4.36. The van der Waals surface area contributed by atoms with Gasteiger partial charge in [-0.2, -0.15) is 0 Å². The minimum Gasteiger partial charge on any atom is -0.461 e. The molecule has 0 bridgehead atoms. The van der Waals surface area contributed by atoms with Gasteiger partial charge < -0.3 is 9.64 Å². The summed E-state index contributed by atoms with van der Waals surface area (Å²) in [7, 11) is 1.91. The first-order valence-electron chi connectivity index (χ1n) is 9.96. The zero-order chi connectivity index (χ0) is 20.3. The lowest BCUT2D eigenvalue weighted by Gasteiger charge is -2.42. The summed E-state index contributed by atoms with van der Waals surface area (Å²) >= 11 is 12.1. The quantitative estimate of drug-likeness (QED) is 0.609. The van der Waals surface area contributed by atoms with Crippen LogP contribution in [0.2, 0.25) is 10.0 Å². The van der Waals surface area contributed by atoms with E-state index >= 15 is 0 Å². The Balaban J connectivity index is 0.00000300. The Morgan fingerprint density at radius 3 is 2.59 bits per heavy atom. The van der Waals surface area contributed by atoms with E-state index in [4.69, 9.17) is 27.9 Å². The molecule has 1 aliphatic heterocycles. The molecule has 1 saturated heterocycles. The van der Waals surface area contributed by atoms with Crippen molar-refractivity contribution in [2.24, 2.45) is 0 Å². The fourth-order valence-corrected chi connectivity index (χ4v) is 4.81. The van der Waals surface area contributed by atoms with Gasteiger partial charge in [0.2, 0.25) is 5.91 Å². The number of halogens is 3. The third-order valence-electron chi connectivity index (χ3n) is 5.90. The van der Waals surface area contributed by atoms with Crippen LogP contribution in [0.3, 0.4) is 0 Å². The van der Waals surface area contributed by atoms with E-state index in [1.165, 1.54) is 13.3 Å². The average Bonchev–Trinajstić information content (AvgIpc) is 3.11. The van der Waals surface area contributed by atoms with Gasteiger partial charge in [-0.05, 0) is 37.0 Å². The molecule has 3 atom stereocenters. The molecule has 0 aromatic heterocycles. The number of rotatable bonds is 5. The van der Waals surface area contributed by atoms with E-state index in [0.717, 1.165) is 44.3 Å². The first-order chi connectivity index (χ1) is 13.3. The first-order valence-corrected chi connectivity index (χ1v) is 10.7. The van der Waals surface area contributed by atoms with E-state index in [0.29, 0.717) is 22.5 Å². The Kier molecular flexibility index (Phi) is 9.08. The molecule has 5 nitrogen and oxygen atoms in total. The Morgan fingerprint density at radius 2 is 1.90 bits per heavy atom. The van der Waals surface area contributed by atoms with Gasteiger partial charge in [-0.1, -0.05) is 42.1 Å². The number of hydrogen-bond acceptors (Lipinski definition) is 4. The Bertz CT molecular complexity index is 731. The molecular formula is C21H29Cl3N2O3. The largest absolute Gasteiger partial charge is 0.461 e. The number of carbonyl (C=O) groups is 2. The number of carbonyl (C=O) groups excluding carboxylic acids is 2. The van der Waals surface area contributed by atoms with Crippen molar-refractivity contribution in [1.29, 1.82) is 0 Å². The third kappa shape index (κ3) is 6.24. The summed E-state index contributed by atoms with van der Waals surface area (Å²) in [5.74, 6) is -0.132. The van der Waals surface area contributed by atoms with Crippen molar-refractivity contribution in [2.75, 3.05) is 20.1 Å². The van der Waals surface area contributed by atoms with Crippen molar-refractivity contribution >= 4 is 47.5 Å². The Morgan fingerprint density at radius 1 is 1.17 bits per heavy atom. The SMILES string of the molecule is CC(=O)OC1CCN([C@@H]2CCCC[C@H]2N(C)C(=O)Cc2ccc(Cl)c(Cl)c2)C1.Cl. The topological polar surface area (TPSA) is 49.9 Å². The highest BCUT2D eigenvalue weighted by molar-refractivity contribution is 6.42. The van der Waals surface area contributed by atoms with E-state index in [1.807, 2.05) is 18.0 Å². The van der Waals surface area contributed by atoms with E-state index < -0.39 is 0 Å². The van der Waals surface area contributed by atoms with Gasteiger partial charge in [0.15, 0.2) is 0 Å². The fourth-order valence-electron chi connectivity index (χ4n) is 4.49. The standard InChI is InChI=1S/C21H28Cl2N2O3.ClH/c1-14(26)28-16-9-10-25(13-16)20-6-4-3-5-19(20)24(2)21(27)12-15-7-8-17(22)18(23)11-15;/h7-8,11,16,19-20H,3-6,9-10,12-13H2,1-2H3;1H/t16?,19-,20-;/m1./s1. The highest BCUT2D eigenvalue weighted by Gasteiger charge is 2.38. The van der Waals surface area contributed by atoms with E-state index in [2.05, 4.69) is 4.90 Å². The molecule has 1 saturated carbocycles. The fraction of sp³-hybridized carbons (Fsp3) is 0.619. The van der Waals surface area contributed by atoms with Gasteiger partial charge >= 0.3 is 5.97 Å². The van der Waals surface area contributed by atoms with Gasteiger partial charge in [-0.3, -0.25) is 14.5 Å². The molecule has 162 valence electrons. The lowest BCUT2D eigenvalue weighted by Crippen LogP contribution is -2.53. The summed E-state index contributed by atoms with van der Waals surface area (Å²) in [6, 6.07) is 5.84. The number of ether oxygens (including phenoxy) is 1. The summed E-state index contributed by atoms with van der Waals surface area (Å²) in [5.41, 5.74) is 0.870. The Labute approximate surface area is 189 Å². The molecule has 0 N–H and O–H groups in total. The maximum Gasteiger partial charge on any atom is 0.302 e.